The van der Waals surface area contributed by atoms with Crippen LogP contribution in [0.1, 0.15) is 23.8 Å². The predicted molar refractivity (Wildman–Crippen MR) is 76.8 cm³/mol. The van der Waals surface area contributed by atoms with E-state index in [1.165, 1.54) is 0 Å². The van der Waals surface area contributed by atoms with Gasteiger partial charge in [-0.05, 0) is 18.4 Å². The molecule has 0 aliphatic rings. The lowest BCUT2D eigenvalue weighted by atomic mass is 10.1. The summed E-state index contributed by atoms with van der Waals surface area (Å²) in [6, 6.07) is 11.1. The number of pyridine rings is 1. The van der Waals surface area contributed by atoms with Crippen molar-refractivity contribution in [1.82, 2.24) is 4.98 Å². The minimum atomic E-state index is -1.06. The first-order valence-corrected chi connectivity index (χ1v) is 6.27. The van der Waals surface area contributed by atoms with E-state index in [0.717, 1.165) is 10.8 Å². The highest BCUT2D eigenvalue weighted by atomic mass is 16.4. The summed E-state index contributed by atoms with van der Waals surface area (Å²) >= 11 is 0. The van der Waals surface area contributed by atoms with E-state index in [-0.39, 0.29) is 11.7 Å². The van der Waals surface area contributed by atoms with Gasteiger partial charge in [-0.1, -0.05) is 24.3 Å². The van der Waals surface area contributed by atoms with Crippen molar-refractivity contribution >= 4 is 22.6 Å². The Morgan fingerprint density at radius 1 is 1.50 bits per heavy atom. The molecule has 1 heterocycles. The van der Waals surface area contributed by atoms with Gasteiger partial charge in [-0.2, -0.15) is 5.26 Å². The van der Waals surface area contributed by atoms with Gasteiger partial charge in [0.05, 0.1) is 12.5 Å². The number of nitriles is 1. The van der Waals surface area contributed by atoms with Crippen molar-refractivity contribution < 1.29 is 9.90 Å². The molecule has 1 unspecified atom stereocenters. The number of hydrogen-bond donors (Lipinski definition) is 1. The van der Waals surface area contributed by atoms with Crippen LogP contribution in [0.2, 0.25) is 0 Å². The van der Waals surface area contributed by atoms with Crippen LogP contribution in [0.25, 0.3) is 10.8 Å². The minimum absolute atomic E-state index is 0.00899. The van der Waals surface area contributed by atoms with E-state index in [1.54, 1.807) is 6.07 Å². The molecule has 0 saturated heterocycles. The number of fused-ring (bicyclic) bond motifs is 1. The summed E-state index contributed by atoms with van der Waals surface area (Å²) < 4.78 is 0. The van der Waals surface area contributed by atoms with E-state index < -0.39 is 5.97 Å². The lowest BCUT2D eigenvalue weighted by Crippen LogP contribution is -2.29. The minimum Gasteiger partial charge on any atom is -0.477 e. The molecule has 0 spiro atoms. The Labute approximate surface area is 117 Å². The third-order valence-corrected chi connectivity index (χ3v) is 3.32. The molecular weight excluding hydrogens is 254 g/mol. The smallest absolute Gasteiger partial charge is 0.354 e. The van der Waals surface area contributed by atoms with Crippen LogP contribution in [0.5, 0.6) is 0 Å². The van der Waals surface area contributed by atoms with Crippen LogP contribution in [0.15, 0.2) is 30.3 Å². The molecule has 2 rings (SSSR count). The Balaban J connectivity index is 2.61. The highest BCUT2D eigenvalue weighted by molar-refractivity contribution is 5.98. The van der Waals surface area contributed by atoms with Gasteiger partial charge in [0.1, 0.15) is 5.82 Å². The summed E-state index contributed by atoms with van der Waals surface area (Å²) in [5.74, 6) is -0.471. The Bertz CT molecular complexity index is 691. The number of hydrogen-bond acceptors (Lipinski definition) is 4. The summed E-state index contributed by atoms with van der Waals surface area (Å²) in [6.45, 7) is 1.91. The van der Waals surface area contributed by atoms with Crippen LogP contribution >= 0.6 is 0 Å². The van der Waals surface area contributed by atoms with Crippen molar-refractivity contribution in [2.24, 2.45) is 0 Å². The zero-order valence-corrected chi connectivity index (χ0v) is 11.4. The van der Waals surface area contributed by atoms with E-state index in [4.69, 9.17) is 10.4 Å². The lowest BCUT2D eigenvalue weighted by molar-refractivity contribution is 0.0691. The molecule has 0 radical (unpaired) electrons. The molecular formula is C15H15N3O2. The van der Waals surface area contributed by atoms with Gasteiger partial charge >= 0.3 is 5.97 Å². The fourth-order valence-corrected chi connectivity index (χ4v) is 2.04. The average Bonchev–Trinajstić information content (AvgIpc) is 2.45. The first-order valence-electron chi connectivity index (χ1n) is 6.27. The molecule has 1 aromatic heterocycles. The van der Waals surface area contributed by atoms with E-state index in [1.807, 2.05) is 43.1 Å². The van der Waals surface area contributed by atoms with Crippen molar-refractivity contribution in [2.75, 3.05) is 11.9 Å². The summed E-state index contributed by atoms with van der Waals surface area (Å²) in [4.78, 5) is 17.2. The third kappa shape index (κ3) is 2.54. The molecule has 0 bridgehead atoms. The molecule has 0 amide bonds. The zero-order valence-electron chi connectivity index (χ0n) is 11.4. The maximum atomic E-state index is 11.2. The molecule has 0 saturated carbocycles. The highest BCUT2D eigenvalue weighted by Gasteiger charge is 2.17. The average molecular weight is 269 g/mol. The number of aromatic nitrogens is 1. The fraction of sp³-hybridized carbons (Fsp3) is 0.267. The van der Waals surface area contributed by atoms with Crippen LogP contribution < -0.4 is 4.90 Å². The molecule has 0 fully saturated rings. The molecule has 0 aliphatic carbocycles. The number of aromatic carboxylic acids is 1. The monoisotopic (exact) mass is 269 g/mol. The van der Waals surface area contributed by atoms with E-state index >= 15 is 0 Å². The van der Waals surface area contributed by atoms with Crippen LogP contribution in [-0.4, -0.2) is 29.1 Å². The summed E-state index contributed by atoms with van der Waals surface area (Å²) in [7, 11) is 1.82. The van der Waals surface area contributed by atoms with Crippen molar-refractivity contribution in [1.29, 1.82) is 5.26 Å². The molecule has 1 N–H and O–H groups in total. The summed E-state index contributed by atoms with van der Waals surface area (Å²) in [6.07, 6.45) is 0.351. The number of benzene rings is 1. The number of carboxylic acid groups (broad SMARTS) is 1. The quantitative estimate of drug-likeness (QED) is 0.923. The van der Waals surface area contributed by atoms with Gasteiger partial charge in [0, 0.05) is 18.5 Å². The first-order chi connectivity index (χ1) is 9.54. The van der Waals surface area contributed by atoms with Crippen molar-refractivity contribution in [3.63, 3.8) is 0 Å². The number of carboxylic acids is 1. The van der Waals surface area contributed by atoms with Gasteiger partial charge in [0.25, 0.3) is 0 Å². The SMILES string of the molecule is CC(CC#N)N(C)c1nc(C(=O)O)cc2ccccc12. The maximum absolute atomic E-state index is 11.2. The zero-order chi connectivity index (χ0) is 14.7. The van der Waals surface area contributed by atoms with Crippen LogP contribution in [0, 0.1) is 11.3 Å². The molecule has 0 aliphatic heterocycles. The van der Waals surface area contributed by atoms with Gasteiger partial charge in [0.15, 0.2) is 5.69 Å². The van der Waals surface area contributed by atoms with Crippen LogP contribution in [0.3, 0.4) is 0 Å². The normalized spacial score (nSPS) is 11.8. The second kappa shape index (κ2) is 5.57. The summed E-state index contributed by atoms with van der Waals surface area (Å²) in [5, 5.41) is 19.7. The first kappa shape index (κ1) is 13.8. The maximum Gasteiger partial charge on any atom is 0.354 e. The second-order valence-corrected chi connectivity index (χ2v) is 4.68. The number of carbonyl (C=O) groups is 1. The largest absolute Gasteiger partial charge is 0.477 e. The van der Waals surface area contributed by atoms with Gasteiger partial charge in [-0.15, -0.1) is 0 Å². The van der Waals surface area contributed by atoms with Gasteiger partial charge in [-0.25, -0.2) is 9.78 Å². The van der Waals surface area contributed by atoms with E-state index in [2.05, 4.69) is 11.1 Å². The van der Waals surface area contributed by atoms with E-state index in [0.29, 0.717) is 12.2 Å². The molecule has 2 aromatic rings. The highest BCUT2D eigenvalue weighted by Crippen LogP contribution is 2.26. The summed E-state index contributed by atoms with van der Waals surface area (Å²) in [5.41, 5.74) is 0.00899. The van der Waals surface area contributed by atoms with Crippen LogP contribution in [-0.2, 0) is 0 Å². The van der Waals surface area contributed by atoms with Crippen molar-refractivity contribution in [3.05, 3.63) is 36.0 Å². The number of anilines is 1. The van der Waals surface area contributed by atoms with Crippen molar-refractivity contribution in [2.45, 2.75) is 19.4 Å². The Morgan fingerprint density at radius 2 is 2.20 bits per heavy atom. The molecule has 1 atom stereocenters. The third-order valence-electron chi connectivity index (χ3n) is 3.32. The lowest BCUT2D eigenvalue weighted by Gasteiger charge is -2.25. The predicted octanol–water partition coefficient (Wildman–Crippen LogP) is 2.67. The second-order valence-electron chi connectivity index (χ2n) is 4.68. The molecule has 102 valence electrons. The topological polar surface area (TPSA) is 77.2 Å². The van der Waals surface area contributed by atoms with Crippen molar-refractivity contribution in [3.8, 4) is 6.07 Å². The van der Waals surface area contributed by atoms with Gasteiger partial charge < -0.3 is 10.0 Å². The molecule has 5 heteroatoms. The number of rotatable bonds is 4. The standard InChI is InChI=1S/C15H15N3O2/c1-10(7-8-16)18(2)14-12-6-4-3-5-11(12)9-13(17-14)15(19)20/h3-6,9-10H,7H2,1-2H3,(H,19,20). The van der Waals surface area contributed by atoms with Gasteiger partial charge in [0.2, 0.25) is 0 Å². The Morgan fingerprint density at radius 3 is 2.85 bits per heavy atom. The van der Waals surface area contributed by atoms with E-state index in [9.17, 15) is 4.79 Å². The molecule has 20 heavy (non-hydrogen) atoms. The Kier molecular flexibility index (Phi) is 3.85. The number of nitrogens with zero attached hydrogens (tertiary/aromatic N) is 3. The Hall–Kier alpha value is -2.61. The van der Waals surface area contributed by atoms with Gasteiger partial charge in [-0.3, -0.25) is 0 Å². The molecule has 1 aromatic carbocycles. The van der Waals surface area contributed by atoms with Crippen LogP contribution in [0.4, 0.5) is 5.82 Å². The fourth-order valence-electron chi connectivity index (χ4n) is 2.04. The molecule has 5 nitrogen and oxygen atoms in total.